The Morgan fingerprint density at radius 3 is 1.67 bits per heavy atom. The number of benzene rings is 4. The monoisotopic (exact) mass is 814 g/mol. The van der Waals surface area contributed by atoms with Gasteiger partial charge in [-0.1, -0.05) is 103 Å². The average molecular weight is 815 g/mol. The Balaban J connectivity index is 0.706. The van der Waals surface area contributed by atoms with E-state index in [0.29, 0.717) is 6.61 Å². The molecule has 0 atom stereocenters. The van der Waals surface area contributed by atoms with Crippen molar-refractivity contribution in [3.05, 3.63) is 191 Å². The molecule has 0 saturated carbocycles. The van der Waals surface area contributed by atoms with E-state index in [-0.39, 0.29) is 0 Å². The van der Waals surface area contributed by atoms with Crippen molar-refractivity contribution in [2.45, 2.75) is 105 Å². The number of nitrogens with zero attached hydrogens (tertiary/aromatic N) is 5. The first-order valence-electron chi connectivity index (χ1n) is 22.1. The minimum absolute atomic E-state index is 0.408. The van der Waals surface area contributed by atoms with E-state index >= 15 is 0 Å². The third-order valence-electron chi connectivity index (χ3n) is 11.0. The molecule has 61 heavy (non-hydrogen) atoms. The predicted octanol–water partition coefficient (Wildman–Crippen LogP) is 10.3. The van der Waals surface area contributed by atoms with Crippen LogP contribution in [0.5, 0.6) is 11.5 Å². The third-order valence-corrected chi connectivity index (χ3v) is 11.0. The van der Waals surface area contributed by atoms with Gasteiger partial charge in [0.15, 0.2) is 37.9 Å². The number of nitrogens with one attached hydrogen (secondary N) is 1. The summed E-state index contributed by atoms with van der Waals surface area (Å²) in [5.74, 6) is 1.79. The molecule has 314 valence electrons. The smallest absolute Gasteiger partial charge is 0.173 e. The molecule has 4 aromatic carbocycles. The van der Waals surface area contributed by atoms with Crippen LogP contribution in [0.4, 0.5) is 0 Å². The zero-order chi connectivity index (χ0) is 41.9. The van der Waals surface area contributed by atoms with Gasteiger partial charge in [-0.15, -0.1) is 5.10 Å². The van der Waals surface area contributed by atoms with Crippen LogP contribution in [0.15, 0.2) is 152 Å². The lowest BCUT2D eigenvalue weighted by Crippen LogP contribution is -2.33. The molecule has 3 heterocycles. The van der Waals surface area contributed by atoms with Crippen LogP contribution in [0.2, 0.25) is 0 Å². The van der Waals surface area contributed by atoms with Gasteiger partial charge in [-0.3, -0.25) is 4.68 Å². The van der Waals surface area contributed by atoms with Gasteiger partial charge in [0.25, 0.3) is 0 Å². The highest BCUT2D eigenvalue weighted by Crippen LogP contribution is 2.18. The highest BCUT2D eigenvalue weighted by molar-refractivity contribution is 5.61. The van der Waals surface area contributed by atoms with Crippen LogP contribution in [0.25, 0.3) is 11.1 Å². The number of pyridine rings is 2. The molecule has 8 heteroatoms. The lowest BCUT2D eigenvalue weighted by molar-refractivity contribution is -0.688. The molecule has 0 spiro atoms. The van der Waals surface area contributed by atoms with Crippen molar-refractivity contribution in [3.8, 4) is 22.6 Å². The second-order valence-corrected chi connectivity index (χ2v) is 16.3. The normalized spacial score (nSPS) is 11.2. The Morgan fingerprint density at radius 2 is 1.05 bits per heavy atom. The number of aromatic nitrogens is 5. The molecule has 0 aliphatic carbocycles. The summed E-state index contributed by atoms with van der Waals surface area (Å²) in [4.78, 5) is 0. The molecule has 0 fully saturated rings. The van der Waals surface area contributed by atoms with Gasteiger partial charge < -0.3 is 14.8 Å². The summed E-state index contributed by atoms with van der Waals surface area (Å²) in [5.41, 5.74) is 11.0. The lowest BCUT2D eigenvalue weighted by Gasteiger charge is -2.08. The van der Waals surface area contributed by atoms with Crippen molar-refractivity contribution in [1.29, 1.82) is 0 Å². The molecule has 0 amide bonds. The second kappa shape index (κ2) is 23.0. The van der Waals surface area contributed by atoms with Gasteiger partial charge >= 0.3 is 0 Å². The molecule has 0 aliphatic rings. The maximum atomic E-state index is 6.05. The number of hydrogen-bond donors (Lipinski definition) is 1. The molecule has 0 radical (unpaired) electrons. The Morgan fingerprint density at radius 1 is 0.525 bits per heavy atom. The van der Waals surface area contributed by atoms with Gasteiger partial charge in [-0.25, -0.2) is 9.13 Å². The fourth-order valence-electron chi connectivity index (χ4n) is 7.73. The molecular formula is C53H62N6O2+2. The van der Waals surface area contributed by atoms with Crippen molar-refractivity contribution in [1.82, 2.24) is 20.3 Å². The number of unbranched alkanes of at least 4 members (excludes halogenated alkanes) is 7. The quantitative estimate of drug-likeness (QED) is 0.0486. The summed E-state index contributed by atoms with van der Waals surface area (Å²) in [6.07, 6.45) is 20.4. The van der Waals surface area contributed by atoms with E-state index in [1.165, 1.54) is 83.0 Å². The largest absolute Gasteiger partial charge is 0.494 e. The van der Waals surface area contributed by atoms with Crippen molar-refractivity contribution in [3.63, 3.8) is 0 Å². The highest BCUT2D eigenvalue weighted by Gasteiger charge is 2.10. The van der Waals surface area contributed by atoms with E-state index in [0.717, 1.165) is 69.4 Å². The maximum Gasteiger partial charge on any atom is 0.173 e. The summed E-state index contributed by atoms with van der Waals surface area (Å²) in [6.45, 7) is 9.79. The number of hydrogen-bond acceptors (Lipinski definition) is 5. The van der Waals surface area contributed by atoms with Crippen LogP contribution in [0.3, 0.4) is 0 Å². The average Bonchev–Trinajstić information content (AvgIpc) is 3.74. The Hall–Kier alpha value is -6.12. The zero-order valence-corrected chi connectivity index (χ0v) is 36.1. The molecular weight excluding hydrogens is 753 g/mol. The first-order chi connectivity index (χ1) is 30.0. The van der Waals surface area contributed by atoms with Crippen molar-refractivity contribution >= 4 is 0 Å². The first kappa shape index (κ1) is 43.0. The Kier molecular flexibility index (Phi) is 16.2. The summed E-state index contributed by atoms with van der Waals surface area (Å²) >= 11 is 0. The van der Waals surface area contributed by atoms with E-state index in [1.54, 1.807) is 0 Å². The Bertz CT molecular complexity index is 2300. The molecule has 0 unspecified atom stereocenters. The molecule has 3 aromatic heterocycles. The summed E-state index contributed by atoms with van der Waals surface area (Å²) in [6, 6.07) is 42.8. The molecule has 0 saturated heterocycles. The SMILES string of the molecule is Cc1cc(C)cc(C[n+]2ccc(-c3cc[n+](Cc4ccc(OCc5cn(CCCCCCCCCCOc6ccc(CNCc7ccccc7)cc6)nn5)cc4)cc3)cc2)c1. The van der Waals surface area contributed by atoms with E-state index in [9.17, 15) is 0 Å². The van der Waals surface area contributed by atoms with Crippen LogP contribution >= 0.6 is 0 Å². The van der Waals surface area contributed by atoms with Gasteiger partial charge in [0, 0.05) is 55.0 Å². The molecule has 0 bridgehead atoms. The van der Waals surface area contributed by atoms with E-state index < -0.39 is 0 Å². The topological polar surface area (TPSA) is 69.0 Å². The van der Waals surface area contributed by atoms with E-state index in [4.69, 9.17) is 9.47 Å². The minimum atomic E-state index is 0.408. The minimum Gasteiger partial charge on any atom is -0.494 e. The third kappa shape index (κ3) is 14.5. The van der Waals surface area contributed by atoms with Gasteiger partial charge in [-0.05, 0) is 97.5 Å². The summed E-state index contributed by atoms with van der Waals surface area (Å²) in [5, 5.41) is 12.2. The van der Waals surface area contributed by atoms with Crippen LogP contribution in [-0.4, -0.2) is 21.6 Å². The Labute approximate surface area is 362 Å². The van der Waals surface area contributed by atoms with Crippen molar-refractivity contribution in [2.75, 3.05) is 6.61 Å². The molecule has 1 N–H and O–H groups in total. The maximum absolute atomic E-state index is 6.05. The van der Waals surface area contributed by atoms with Crippen LogP contribution in [0, 0.1) is 13.8 Å². The van der Waals surface area contributed by atoms with E-state index in [1.807, 2.05) is 23.0 Å². The predicted molar refractivity (Wildman–Crippen MR) is 243 cm³/mol. The van der Waals surface area contributed by atoms with Crippen LogP contribution in [0.1, 0.15) is 90.4 Å². The van der Waals surface area contributed by atoms with Gasteiger partial charge in [0.05, 0.1) is 12.8 Å². The van der Waals surface area contributed by atoms with Crippen LogP contribution < -0.4 is 23.9 Å². The zero-order valence-electron chi connectivity index (χ0n) is 36.1. The molecule has 7 rings (SSSR count). The fourth-order valence-corrected chi connectivity index (χ4v) is 7.73. The van der Waals surface area contributed by atoms with Crippen molar-refractivity contribution < 1.29 is 18.6 Å². The molecule has 8 nitrogen and oxygen atoms in total. The molecule has 0 aliphatic heterocycles. The van der Waals surface area contributed by atoms with E-state index in [2.05, 4.69) is 173 Å². The highest BCUT2D eigenvalue weighted by atomic mass is 16.5. The summed E-state index contributed by atoms with van der Waals surface area (Å²) < 4.78 is 18.4. The number of rotatable bonds is 24. The van der Waals surface area contributed by atoms with Crippen LogP contribution in [-0.2, 0) is 39.3 Å². The first-order valence-corrected chi connectivity index (χ1v) is 22.1. The molecule has 7 aromatic rings. The number of aryl methyl sites for hydroxylation is 3. The number of ether oxygens (including phenoxy) is 2. The van der Waals surface area contributed by atoms with Crippen molar-refractivity contribution in [2.24, 2.45) is 0 Å². The lowest BCUT2D eigenvalue weighted by atomic mass is 10.1. The van der Waals surface area contributed by atoms with Gasteiger partial charge in [0.2, 0.25) is 0 Å². The standard InChI is InChI=1S/C53H62N6O2/c1-43-34-44(2)36-48(35-43)40-58-31-26-50(27-32-58)49-24-29-57(30-25-49)39-47-18-22-53(23-19-47)61-42-51-41-59(56-55-51)28-12-7-5-3-4-6-8-13-33-60-52-20-16-46(17-21-52)38-54-37-45-14-10-9-11-15-45/h9-11,14-27,29-32,34-36,41,54H,3-8,12-13,28,33,37-40,42H2,1-2H3/q+2. The van der Waals surface area contributed by atoms with Gasteiger partial charge in [-0.2, -0.15) is 0 Å². The van der Waals surface area contributed by atoms with Gasteiger partial charge in [0.1, 0.15) is 23.8 Å². The summed E-state index contributed by atoms with van der Waals surface area (Å²) in [7, 11) is 0. The second-order valence-electron chi connectivity index (χ2n) is 16.3. The fraction of sp³-hybridized carbons (Fsp3) is 0.321.